The smallest absolute Gasteiger partial charge is 0.410 e. The standard InChI is InChI=1S/C24H36F2N4O2/c1-15(17(3)25)9-16(2)21-14-29(22(28-21)19-7-8-27-10-20(19)26)11-18-12-30(13-18)23(31)32-24(4,5)6/h9,14,18-20,27H,7-8,10-13H2,1-6H3/b16-9+,17-15+/t19-,20+/m1/s1. The molecule has 178 valence electrons. The maximum absolute atomic E-state index is 14.7. The summed E-state index contributed by atoms with van der Waals surface area (Å²) in [7, 11) is 0. The quantitative estimate of drug-likeness (QED) is 0.653. The molecule has 1 aromatic rings. The molecule has 8 heteroatoms. The Balaban J connectivity index is 1.78. The van der Waals surface area contributed by atoms with Gasteiger partial charge in [0.1, 0.15) is 17.6 Å². The average molecular weight is 451 g/mol. The molecule has 32 heavy (non-hydrogen) atoms. The van der Waals surface area contributed by atoms with E-state index in [-0.39, 0.29) is 23.8 Å². The molecular formula is C24H36F2N4O2. The SMILES string of the molecule is C/C(=C\C(C)=C(/C)F)c1cn(CC2CN(C(=O)OC(C)(C)C)C2)c([C@@H]2CCNC[C@@H]2F)n1. The van der Waals surface area contributed by atoms with Crippen LogP contribution in [-0.2, 0) is 11.3 Å². The molecule has 2 atom stereocenters. The van der Waals surface area contributed by atoms with E-state index in [9.17, 15) is 13.6 Å². The first-order valence-electron chi connectivity index (χ1n) is 11.4. The molecule has 2 fully saturated rings. The van der Waals surface area contributed by atoms with Gasteiger partial charge in [0.25, 0.3) is 0 Å². The molecule has 0 spiro atoms. The minimum Gasteiger partial charge on any atom is -0.444 e. The Morgan fingerprint density at radius 3 is 2.59 bits per heavy atom. The average Bonchev–Trinajstić information content (AvgIpc) is 3.06. The molecular weight excluding hydrogens is 414 g/mol. The van der Waals surface area contributed by atoms with Gasteiger partial charge in [-0.2, -0.15) is 0 Å². The van der Waals surface area contributed by atoms with Gasteiger partial charge in [0.05, 0.1) is 17.4 Å². The second-order valence-electron chi connectivity index (χ2n) is 10.0. The van der Waals surface area contributed by atoms with Crippen molar-refractivity contribution < 1.29 is 18.3 Å². The van der Waals surface area contributed by atoms with Gasteiger partial charge in [-0.3, -0.25) is 0 Å². The van der Waals surface area contributed by atoms with Crippen molar-refractivity contribution in [1.29, 1.82) is 0 Å². The molecule has 2 saturated heterocycles. The predicted octanol–water partition coefficient (Wildman–Crippen LogP) is 4.83. The molecule has 0 aromatic carbocycles. The second-order valence-corrected chi connectivity index (χ2v) is 10.0. The zero-order valence-electron chi connectivity index (χ0n) is 20.0. The number of halogens is 2. The number of nitrogens with zero attached hydrogens (tertiary/aromatic N) is 3. The highest BCUT2D eigenvalue weighted by Gasteiger charge is 2.36. The van der Waals surface area contributed by atoms with Crippen molar-refractivity contribution in [2.24, 2.45) is 5.92 Å². The van der Waals surface area contributed by atoms with Gasteiger partial charge >= 0.3 is 6.09 Å². The predicted molar refractivity (Wildman–Crippen MR) is 122 cm³/mol. The van der Waals surface area contributed by atoms with E-state index in [0.29, 0.717) is 38.2 Å². The molecule has 0 saturated carbocycles. The van der Waals surface area contributed by atoms with E-state index in [1.54, 1.807) is 17.9 Å². The fourth-order valence-corrected chi connectivity index (χ4v) is 4.11. The molecule has 0 aliphatic carbocycles. The zero-order valence-corrected chi connectivity index (χ0v) is 20.0. The molecule has 0 unspecified atom stereocenters. The van der Waals surface area contributed by atoms with Gasteiger partial charge in [-0.15, -0.1) is 0 Å². The number of alkyl halides is 1. The Morgan fingerprint density at radius 2 is 2.00 bits per heavy atom. The van der Waals surface area contributed by atoms with Crippen molar-refractivity contribution in [2.45, 2.75) is 72.2 Å². The maximum atomic E-state index is 14.7. The monoisotopic (exact) mass is 450 g/mol. The fourth-order valence-electron chi connectivity index (χ4n) is 4.11. The largest absolute Gasteiger partial charge is 0.444 e. The lowest BCUT2D eigenvalue weighted by Crippen LogP contribution is -2.53. The first kappa shape index (κ1) is 24.4. The number of ether oxygens (including phenoxy) is 1. The van der Waals surface area contributed by atoms with Crippen LogP contribution in [0.25, 0.3) is 5.57 Å². The third-order valence-corrected chi connectivity index (χ3v) is 5.99. The highest BCUT2D eigenvalue weighted by Crippen LogP contribution is 2.31. The lowest BCUT2D eigenvalue weighted by atomic mass is 9.94. The van der Waals surface area contributed by atoms with Gasteiger partial charge in [-0.25, -0.2) is 18.6 Å². The van der Waals surface area contributed by atoms with Crippen LogP contribution in [0.15, 0.2) is 23.7 Å². The molecule has 3 heterocycles. The number of amides is 1. The molecule has 1 amide bonds. The van der Waals surface area contributed by atoms with Crippen LogP contribution in [-0.4, -0.2) is 58.5 Å². The van der Waals surface area contributed by atoms with Crippen LogP contribution in [0.3, 0.4) is 0 Å². The van der Waals surface area contributed by atoms with Crippen molar-refractivity contribution in [3.8, 4) is 0 Å². The zero-order chi connectivity index (χ0) is 23.6. The summed E-state index contributed by atoms with van der Waals surface area (Å²) >= 11 is 0. The van der Waals surface area contributed by atoms with Gasteiger partial charge in [-0.05, 0) is 65.7 Å². The number of aromatic nitrogens is 2. The van der Waals surface area contributed by atoms with Crippen molar-refractivity contribution >= 4 is 11.7 Å². The lowest BCUT2D eigenvalue weighted by Gasteiger charge is -2.40. The van der Waals surface area contributed by atoms with E-state index in [2.05, 4.69) is 5.32 Å². The summed E-state index contributed by atoms with van der Waals surface area (Å²) in [4.78, 5) is 18.7. The summed E-state index contributed by atoms with van der Waals surface area (Å²) in [6.07, 6.45) is 3.08. The van der Waals surface area contributed by atoms with Crippen LogP contribution in [0, 0.1) is 5.92 Å². The van der Waals surface area contributed by atoms with Gasteiger partial charge < -0.3 is 19.5 Å². The normalized spacial score (nSPS) is 23.6. The van der Waals surface area contributed by atoms with Crippen molar-refractivity contribution in [3.05, 3.63) is 35.2 Å². The Labute approximate surface area is 189 Å². The topological polar surface area (TPSA) is 59.4 Å². The Bertz CT molecular complexity index is 890. The number of allylic oxidation sites excluding steroid dienone is 4. The molecule has 0 radical (unpaired) electrons. The molecule has 1 aromatic heterocycles. The summed E-state index contributed by atoms with van der Waals surface area (Å²) in [5, 5.41) is 3.09. The van der Waals surface area contributed by atoms with Crippen LogP contribution in [0.4, 0.5) is 13.6 Å². The van der Waals surface area contributed by atoms with Gasteiger partial charge in [0, 0.05) is 38.3 Å². The number of rotatable bonds is 5. The van der Waals surface area contributed by atoms with Crippen LogP contribution >= 0.6 is 0 Å². The summed E-state index contributed by atoms with van der Waals surface area (Å²) in [6.45, 7) is 13.5. The van der Waals surface area contributed by atoms with E-state index >= 15 is 0 Å². The van der Waals surface area contributed by atoms with Crippen molar-refractivity contribution in [1.82, 2.24) is 19.8 Å². The molecule has 0 bridgehead atoms. The van der Waals surface area contributed by atoms with E-state index in [1.165, 1.54) is 6.92 Å². The first-order chi connectivity index (χ1) is 14.9. The van der Waals surface area contributed by atoms with Gasteiger partial charge in [-0.1, -0.05) is 6.08 Å². The summed E-state index contributed by atoms with van der Waals surface area (Å²) < 4.78 is 35.7. The third-order valence-electron chi connectivity index (χ3n) is 5.99. The Hall–Kier alpha value is -2.22. The summed E-state index contributed by atoms with van der Waals surface area (Å²) in [5.41, 5.74) is 1.60. The number of carbonyl (C=O) groups is 1. The highest BCUT2D eigenvalue weighted by molar-refractivity contribution is 5.69. The molecule has 3 rings (SSSR count). The van der Waals surface area contributed by atoms with Crippen LogP contribution in [0.2, 0.25) is 0 Å². The van der Waals surface area contributed by atoms with Gasteiger partial charge in [0.2, 0.25) is 0 Å². The van der Waals surface area contributed by atoms with E-state index < -0.39 is 11.8 Å². The van der Waals surface area contributed by atoms with Crippen molar-refractivity contribution in [2.75, 3.05) is 26.2 Å². The fraction of sp³-hybridized carbons (Fsp3) is 0.667. The number of likely N-dealkylation sites (tertiary alicyclic amines) is 1. The number of carbonyl (C=O) groups excluding carboxylic acids is 1. The van der Waals surface area contributed by atoms with E-state index in [1.807, 2.05) is 38.5 Å². The Morgan fingerprint density at radius 1 is 1.31 bits per heavy atom. The molecule has 1 N–H and O–H groups in total. The van der Waals surface area contributed by atoms with Crippen LogP contribution in [0.5, 0.6) is 0 Å². The van der Waals surface area contributed by atoms with Crippen LogP contribution < -0.4 is 5.32 Å². The summed E-state index contributed by atoms with van der Waals surface area (Å²) in [5.74, 6) is 0.473. The van der Waals surface area contributed by atoms with Gasteiger partial charge in [0.15, 0.2) is 0 Å². The number of imidazole rings is 1. The Kier molecular flexibility index (Phi) is 7.43. The molecule has 2 aliphatic heterocycles. The molecule has 6 nitrogen and oxygen atoms in total. The van der Waals surface area contributed by atoms with Crippen LogP contribution in [0.1, 0.15) is 65.4 Å². The maximum Gasteiger partial charge on any atom is 0.410 e. The highest BCUT2D eigenvalue weighted by atomic mass is 19.1. The third kappa shape index (κ3) is 5.97. The number of nitrogens with one attached hydrogen (secondary N) is 1. The van der Waals surface area contributed by atoms with E-state index in [0.717, 1.165) is 23.6 Å². The number of hydrogen-bond donors (Lipinski definition) is 1. The van der Waals surface area contributed by atoms with Crippen molar-refractivity contribution in [3.63, 3.8) is 0 Å². The minimum atomic E-state index is -1.00. The van der Waals surface area contributed by atoms with E-state index in [4.69, 9.17) is 9.72 Å². The second kappa shape index (κ2) is 9.73. The number of piperidine rings is 1. The summed E-state index contributed by atoms with van der Waals surface area (Å²) in [6, 6.07) is 0. The first-order valence-corrected chi connectivity index (χ1v) is 11.4. The molecule has 2 aliphatic rings. The number of hydrogen-bond acceptors (Lipinski definition) is 4. The minimum absolute atomic E-state index is 0.233. The lowest BCUT2D eigenvalue weighted by molar-refractivity contribution is -0.00353.